The van der Waals surface area contributed by atoms with Gasteiger partial charge in [0.05, 0.1) is 5.56 Å². The molecule has 1 heterocycles. The van der Waals surface area contributed by atoms with E-state index in [2.05, 4.69) is 26.1 Å². The smallest absolute Gasteiger partial charge is 0.252 e. The lowest BCUT2D eigenvalue weighted by Gasteiger charge is -2.32. The molecule has 3 nitrogen and oxygen atoms in total. The van der Waals surface area contributed by atoms with Gasteiger partial charge in [-0.3, -0.25) is 4.79 Å². The van der Waals surface area contributed by atoms with Crippen molar-refractivity contribution >= 4 is 21.8 Å². The SMILES string of the molecule is O=C(NC1CCN(C2CC2)CC1)c1cc(F)ccc1Br. The Morgan fingerprint density at radius 3 is 2.60 bits per heavy atom. The van der Waals surface area contributed by atoms with Crippen LogP contribution in [0.1, 0.15) is 36.0 Å². The van der Waals surface area contributed by atoms with Crippen molar-refractivity contribution in [3.63, 3.8) is 0 Å². The number of piperidine rings is 1. The van der Waals surface area contributed by atoms with Crippen molar-refractivity contribution in [2.75, 3.05) is 13.1 Å². The Bertz CT molecular complexity index is 511. The Labute approximate surface area is 126 Å². The molecule has 1 aliphatic heterocycles. The first-order valence-electron chi connectivity index (χ1n) is 7.13. The van der Waals surface area contributed by atoms with Crippen LogP contribution in [-0.4, -0.2) is 36.0 Å². The monoisotopic (exact) mass is 340 g/mol. The molecule has 0 unspecified atom stereocenters. The summed E-state index contributed by atoms with van der Waals surface area (Å²) in [5, 5.41) is 3.02. The first kappa shape index (κ1) is 14.0. The molecule has 1 aromatic carbocycles. The van der Waals surface area contributed by atoms with Crippen LogP contribution >= 0.6 is 15.9 Å². The summed E-state index contributed by atoms with van der Waals surface area (Å²) in [7, 11) is 0. The van der Waals surface area contributed by atoms with Crippen LogP contribution in [0.3, 0.4) is 0 Å². The maximum absolute atomic E-state index is 13.2. The van der Waals surface area contributed by atoms with Crippen LogP contribution in [0.4, 0.5) is 4.39 Å². The molecule has 0 atom stereocenters. The summed E-state index contributed by atoms with van der Waals surface area (Å²) in [6, 6.07) is 5.19. The van der Waals surface area contributed by atoms with Gasteiger partial charge in [0.25, 0.3) is 5.91 Å². The van der Waals surface area contributed by atoms with E-state index in [9.17, 15) is 9.18 Å². The van der Waals surface area contributed by atoms with Crippen molar-refractivity contribution in [2.24, 2.45) is 0 Å². The molecule has 1 saturated heterocycles. The van der Waals surface area contributed by atoms with Crippen LogP contribution < -0.4 is 5.32 Å². The minimum absolute atomic E-state index is 0.193. The van der Waals surface area contributed by atoms with E-state index in [0.717, 1.165) is 32.0 Å². The number of benzene rings is 1. The summed E-state index contributed by atoms with van der Waals surface area (Å²) in [5.74, 6) is -0.580. The van der Waals surface area contributed by atoms with Gasteiger partial charge in [-0.15, -0.1) is 0 Å². The number of carbonyl (C=O) groups excluding carboxylic acids is 1. The fraction of sp³-hybridized carbons (Fsp3) is 0.533. The van der Waals surface area contributed by atoms with Crippen LogP contribution in [0.5, 0.6) is 0 Å². The zero-order valence-electron chi connectivity index (χ0n) is 11.2. The summed E-state index contributed by atoms with van der Waals surface area (Å²) in [5.41, 5.74) is 0.370. The molecular weight excluding hydrogens is 323 g/mol. The number of nitrogens with zero attached hydrogens (tertiary/aromatic N) is 1. The van der Waals surface area contributed by atoms with E-state index in [1.807, 2.05) is 0 Å². The number of halogens is 2. The number of amides is 1. The number of hydrogen-bond donors (Lipinski definition) is 1. The fourth-order valence-electron chi connectivity index (χ4n) is 2.78. The van der Waals surface area contributed by atoms with Crippen molar-refractivity contribution in [3.8, 4) is 0 Å². The third-order valence-corrected chi connectivity index (χ3v) is 4.79. The Morgan fingerprint density at radius 1 is 1.25 bits per heavy atom. The maximum atomic E-state index is 13.2. The molecule has 20 heavy (non-hydrogen) atoms. The maximum Gasteiger partial charge on any atom is 0.252 e. The molecular formula is C15H18BrFN2O. The summed E-state index contributed by atoms with van der Waals surface area (Å²) >= 11 is 3.30. The van der Waals surface area contributed by atoms with E-state index in [-0.39, 0.29) is 17.8 Å². The van der Waals surface area contributed by atoms with Crippen molar-refractivity contribution in [1.29, 1.82) is 0 Å². The highest BCUT2D eigenvalue weighted by molar-refractivity contribution is 9.10. The standard InChI is InChI=1S/C15H18BrFN2O/c16-14-4-1-10(17)9-13(14)15(20)18-11-5-7-19(8-6-11)12-2-3-12/h1,4,9,11-12H,2-3,5-8H2,(H,18,20). The zero-order chi connectivity index (χ0) is 14.1. The average Bonchev–Trinajstić information content (AvgIpc) is 3.27. The highest BCUT2D eigenvalue weighted by Gasteiger charge is 2.32. The van der Waals surface area contributed by atoms with Crippen molar-refractivity contribution in [1.82, 2.24) is 10.2 Å². The first-order chi connectivity index (χ1) is 9.63. The van der Waals surface area contributed by atoms with Gasteiger partial charge in [-0.25, -0.2) is 4.39 Å². The normalized spacial score (nSPS) is 20.9. The Kier molecular flexibility index (Phi) is 4.08. The molecule has 108 valence electrons. The molecule has 2 fully saturated rings. The van der Waals surface area contributed by atoms with Crippen LogP contribution in [0.2, 0.25) is 0 Å². The molecule has 0 bridgehead atoms. The van der Waals surface area contributed by atoms with Crippen LogP contribution in [-0.2, 0) is 0 Å². The molecule has 5 heteroatoms. The molecule has 0 radical (unpaired) electrons. The molecule has 1 amide bonds. The number of nitrogens with one attached hydrogen (secondary N) is 1. The predicted molar refractivity (Wildman–Crippen MR) is 79.2 cm³/mol. The van der Waals surface area contributed by atoms with E-state index >= 15 is 0 Å². The zero-order valence-corrected chi connectivity index (χ0v) is 12.8. The Balaban J connectivity index is 1.57. The summed E-state index contributed by atoms with van der Waals surface area (Å²) < 4.78 is 13.9. The molecule has 1 N–H and O–H groups in total. The largest absolute Gasteiger partial charge is 0.349 e. The second-order valence-corrected chi connectivity index (χ2v) is 6.49. The van der Waals surface area contributed by atoms with Gasteiger partial charge in [0, 0.05) is 29.6 Å². The summed E-state index contributed by atoms with van der Waals surface area (Å²) in [6.07, 6.45) is 4.62. The van der Waals surface area contributed by atoms with Gasteiger partial charge in [0.1, 0.15) is 5.82 Å². The topological polar surface area (TPSA) is 32.3 Å². The van der Waals surface area contributed by atoms with Gasteiger partial charge in [-0.1, -0.05) is 0 Å². The lowest BCUT2D eigenvalue weighted by atomic mass is 10.0. The van der Waals surface area contributed by atoms with E-state index in [0.29, 0.717) is 10.0 Å². The molecule has 0 spiro atoms. The van der Waals surface area contributed by atoms with E-state index in [1.165, 1.54) is 25.0 Å². The van der Waals surface area contributed by atoms with Gasteiger partial charge in [-0.05, 0) is 59.8 Å². The molecule has 2 aliphatic rings. The minimum Gasteiger partial charge on any atom is -0.349 e. The van der Waals surface area contributed by atoms with Crippen molar-refractivity contribution < 1.29 is 9.18 Å². The second-order valence-electron chi connectivity index (χ2n) is 5.64. The van der Waals surface area contributed by atoms with Crippen molar-refractivity contribution in [2.45, 2.75) is 37.8 Å². The summed E-state index contributed by atoms with van der Waals surface area (Å²) in [6.45, 7) is 2.11. The van der Waals surface area contributed by atoms with Gasteiger partial charge in [0.15, 0.2) is 0 Å². The average molecular weight is 341 g/mol. The van der Waals surface area contributed by atoms with Crippen molar-refractivity contribution in [3.05, 3.63) is 34.1 Å². The van der Waals surface area contributed by atoms with E-state index in [4.69, 9.17) is 0 Å². The molecule has 3 rings (SSSR count). The lowest BCUT2D eigenvalue weighted by molar-refractivity contribution is 0.0908. The second kappa shape index (κ2) is 5.82. The molecule has 0 aromatic heterocycles. The van der Waals surface area contributed by atoms with Crippen LogP contribution in [0.25, 0.3) is 0 Å². The van der Waals surface area contributed by atoms with Crippen LogP contribution in [0.15, 0.2) is 22.7 Å². The van der Waals surface area contributed by atoms with Gasteiger partial charge < -0.3 is 10.2 Å². The highest BCUT2D eigenvalue weighted by atomic mass is 79.9. The molecule has 1 aliphatic carbocycles. The molecule has 1 aromatic rings. The number of carbonyl (C=O) groups is 1. The quantitative estimate of drug-likeness (QED) is 0.917. The van der Waals surface area contributed by atoms with Gasteiger partial charge in [-0.2, -0.15) is 0 Å². The highest BCUT2D eigenvalue weighted by Crippen LogP contribution is 2.29. The Hall–Kier alpha value is -0.940. The summed E-state index contributed by atoms with van der Waals surface area (Å²) in [4.78, 5) is 14.7. The third-order valence-electron chi connectivity index (χ3n) is 4.10. The van der Waals surface area contributed by atoms with Gasteiger partial charge in [0.2, 0.25) is 0 Å². The minimum atomic E-state index is -0.387. The lowest BCUT2D eigenvalue weighted by Crippen LogP contribution is -2.45. The Morgan fingerprint density at radius 2 is 1.95 bits per heavy atom. The van der Waals surface area contributed by atoms with E-state index in [1.54, 1.807) is 6.07 Å². The predicted octanol–water partition coefficient (Wildman–Crippen LogP) is 2.94. The third kappa shape index (κ3) is 3.20. The fourth-order valence-corrected chi connectivity index (χ4v) is 3.21. The number of hydrogen-bond acceptors (Lipinski definition) is 2. The first-order valence-corrected chi connectivity index (χ1v) is 7.93. The van der Waals surface area contributed by atoms with E-state index < -0.39 is 0 Å². The van der Waals surface area contributed by atoms with Crippen LogP contribution in [0, 0.1) is 5.82 Å². The number of rotatable bonds is 3. The van der Waals surface area contributed by atoms with Gasteiger partial charge >= 0.3 is 0 Å². The molecule has 1 saturated carbocycles. The number of likely N-dealkylation sites (tertiary alicyclic amines) is 1.